The maximum Gasteiger partial charge on any atom is 0.287 e. The molecule has 7 nitrogen and oxygen atoms in total. The van der Waals surface area contributed by atoms with Crippen LogP contribution in [0.2, 0.25) is 0 Å². The van der Waals surface area contributed by atoms with Crippen LogP contribution in [0.3, 0.4) is 0 Å². The van der Waals surface area contributed by atoms with Gasteiger partial charge in [0.25, 0.3) is 5.91 Å². The van der Waals surface area contributed by atoms with Crippen molar-refractivity contribution in [1.29, 1.82) is 5.26 Å². The first-order valence-electron chi connectivity index (χ1n) is 10.3. The number of nitrogens with one attached hydrogen (secondary N) is 1. The SMILES string of the molecule is N#Cc1ccc(CCCCCCC(=O)C(=O)NCc2nnc(-c3ccccc3)o2)cc1. The Hall–Kier alpha value is -3.79. The fraction of sp³-hybridized carbons (Fsp3) is 0.292. The first kappa shape index (κ1) is 21.9. The molecule has 1 N–H and O–H groups in total. The van der Waals surface area contributed by atoms with Gasteiger partial charge in [-0.3, -0.25) is 9.59 Å². The molecule has 0 saturated carbocycles. The van der Waals surface area contributed by atoms with Crippen molar-refractivity contribution in [3.8, 4) is 17.5 Å². The summed E-state index contributed by atoms with van der Waals surface area (Å²) < 4.78 is 5.51. The van der Waals surface area contributed by atoms with Crippen LogP contribution in [0.1, 0.15) is 49.1 Å². The fourth-order valence-electron chi connectivity index (χ4n) is 3.10. The van der Waals surface area contributed by atoms with Crippen LogP contribution < -0.4 is 5.32 Å². The molecule has 0 atom stereocenters. The Morgan fingerprint density at radius 1 is 0.935 bits per heavy atom. The van der Waals surface area contributed by atoms with E-state index in [1.54, 1.807) is 0 Å². The van der Waals surface area contributed by atoms with Crippen molar-refractivity contribution >= 4 is 11.7 Å². The van der Waals surface area contributed by atoms with Gasteiger partial charge in [-0.25, -0.2) is 0 Å². The minimum atomic E-state index is -0.628. The number of hydrogen-bond acceptors (Lipinski definition) is 6. The molecule has 2 aromatic carbocycles. The van der Waals surface area contributed by atoms with E-state index in [0.717, 1.165) is 31.2 Å². The van der Waals surface area contributed by atoms with Gasteiger partial charge in [-0.2, -0.15) is 5.26 Å². The van der Waals surface area contributed by atoms with Crippen LogP contribution in [0.25, 0.3) is 11.5 Å². The van der Waals surface area contributed by atoms with Gasteiger partial charge in [-0.1, -0.05) is 43.2 Å². The molecular weight excluding hydrogens is 392 g/mol. The molecule has 0 saturated heterocycles. The molecule has 1 amide bonds. The van der Waals surface area contributed by atoms with Gasteiger partial charge < -0.3 is 9.73 Å². The Labute approximate surface area is 181 Å². The van der Waals surface area contributed by atoms with Crippen molar-refractivity contribution in [2.75, 3.05) is 0 Å². The van der Waals surface area contributed by atoms with Gasteiger partial charge in [-0.15, -0.1) is 10.2 Å². The average Bonchev–Trinajstić information content (AvgIpc) is 3.29. The zero-order chi connectivity index (χ0) is 21.9. The molecule has 1 heterocycles. The van der Waals surface area contributed by atoms with Crippen molar-refractivity contribution in [2.45, 2.75) is 45.1 Å². The van der Waals surface area contributed by atoms with Gasteiger partial charge in [0, 0.05) is 12.0 Å². The number of Topliss-reactive ketones (excluding diaryl/α,β-unsaturated/α-hetero) is 1. The number of aromatic nitrogens is 2. The predicted octanol–water partition coefficient (Wildman–Crippen LogP) is 3.99. The topological polar surface area (TPSA) is 109 Å². The Morgan fingerprint density at radius 2 is 1.68 bits per heavy atom. The highest BCUT2D eigenvalue weighted by Crippen LogP contribution is 2.16. The molecule has 0 bridgehead atoms. The molecule has 1 aromatic heterocycles. The van der Waals surface area contributed by atoms with Gasteiger partial charge >= 0.3 is 0 Å². The first-order chi connectivity index (χ1) is 15.2. The van der Waals surface area contributed by atoms with Crippen molar-refractivity contribution in [1.82, 2.24) is 15.5 Å². The van der Waals surface area contributed by atoms with E-state index in [1.807, 2.05) is 54.6 Å². The van der Waals surface area contributed by atoms with Crippen LogP contribution in [0, 0.1) is 11.3 Å². The zero-order valence-corrected chi connectivity index (χ0v) is 17.2. The van der Waals surface area contributed by atoms with Crippen LogP contribution in [-0.2, 0) is 22.6 Å². The maximum absolute atomic E-state index is 12.0. The molecule has 0 aliphatic carbocycles. The summed E-state index contributed by atoms with van der Waals surface area (Å²) in [5.74, 6) is -0.438. The summed E-state index contributed by atoms with van der Waals surface area (Å²) >= 11 is 0. The van der Waals surface area contributed by atoms with E-state index in [9.17, 15) is 9.59 Å². The first-order valence-corrected chi connectivity index (χ1v) is 10.3. The number of ketones is 1. The number of nitrogens with zero attached hydrogens (tertiary/aromatic N) is 3. The third kappa shape index (κ3) is 6.89. The summed E-state index contributed by atoms with van der Waals surface area (Å²) in [6.45, 7) is 0.0228. The molecule has 31 heavy (non-hydrogen) atoms. The fourth-order valence-corrected chi connectivity index (χ4v) is 3.10. The molecule has 0 fully saturated rings. The number of amides is 1. The zero-order valence-electron chi connectivity index (χ0n) is 17.2. The lowest BCUT2D eigenvalue weighted by Crippen LogP contribution is -2.30. The Balaban J connectivity index is 1.29. The Bertz CT molecular complexity index is 1040. The van der Waals surface area contributed by atoms with E-state index < -0.39 is 11.7 Å². The van der Waals surface area contributed by atoms with Crippen LogP contribution >= 0.6 is 0 Å². The molecule has 0 radical (unpaired) electrons. The highest BCUT2D eigenvalue weighted by atomic mass is 16.4. The third-order valence-corrected chi connectivity index (χ3v) is 4.84. The largest absolute Gasteiger partial charge is 0.419 e. The number of benzene rings is 2. The average molecular weight is 416 g/mol. The Morgan fingerprint density at radius 3 is 2.42 bits per heavy atom. The lowest BCUT2D eigenvalue weighted by Gasteiger charge is -2.03. The summed E-state index contributed by atoms with van der Waals surface area (Å²) in [6.07, 6.45) is 4.72. The van der Waals surface area contributed by atoms with Crippen molar-refractivity contribution in [3.05, 3.63) is 71.6 Å². The van der Waals surface area contributed by atoms with Gasteiger partial charge in [0.05, 0.1) is 18.2 Å². The summed E-state index contributed by atoms with van der Waals surface area (Å²) in [4.78, 5) is 24.0. The molecule has 7 heteroatoms. The quantitative estimate of drug-likeness (QED) is 0.374. The second-order valence-electron chi connectivity index (χ2n) is 7.20. The number of hydrogen-bond donors (Lipinski definition) is 1. The van der Waals surface area contributed by atoms with E-state index in [1.165, 1.54) is 5.56 Å². The number of aryl methyl sites for hydroxylation is 1. The monoisotopic (exact) mass is 416 g/mol. The van der Waals surface area contributed by atoms with Crippen LogP contribution in [0.5, 0.6) is 0 Å². The highest BCUT2D eigenvalue weighted by molar-refractivity contribution is 6.36. The minimum absolute atomic E-state index is 0.0228. The third-order valence-electron chi connectivity index (χ3n) is 4.84. The number of rotatable bonds is 11. The van der Waals surface area contributed by atoms with Gasteiger partial charge in [0.15, 0.2) is 0 Å². The van der Waals surface area contributed by atoms with E-state index in [-0.39, 0.29) is 18.9 Å². The summed E-state index contributed by atoms with van der Waals surface area (Å²) in [5, 5.41) is 19.2. The normalized spacial score (nSPS) is 10.4. The van der Waals surface area contributed by atoms with E-state index >= 15 is 0 Å². The van der Waals surface area contributed by atoms with E-state index in [4.69, 9.17) is 9.68 Å². The lowest BCUT2D eigenvalue weighted by molar-refractivity contribution is -0.138. The van der Waals surface area contributed by atoms with Crippen molar-refractivity contribution in [2.24, 2.45) is 0 Å². The van der Waals surface area contributed by atoms with Gasteiger partial charge in [0.2, 0.25) is 17.6 Å². The second kappa shape index (κ2) is 11.4. The summed E-state index contributed by atoms with van der Waals surface area (Å²) in [7, 11) is 0. The van der Waals surface area contributed by atoms with Crippen LogP contribution in [0.4, 0.5) is 0 Å². The smallest absolute Gasteiger partial charge is 0.287 e. The van der Waals surface area contributed by atoms with Gasteiger partial charge in [0.1, 0.15) is 0 Å². The summed E-state index contributed by atoms with van der Waals surface area (Å²) in [5.41, 5.74) is 2.66. The van der Waals surface area contributed by atoms with Crippen LogP contribution in [-0.4, -0.2) is 21.9 Å². The lowest BCUT2D eigenvalue weighted by atomic mass is 10.0. The second-order valence-corrected chi connectivity index (χ2v) is 7.20. The molecular formula is C24H24N4O3. The van der Waals surface area contributed by atoms with E-state index in [2.05, 4.69) is 21.6 Å². The number of unbranched alkanes of at least 4 members (excludes halogenated alkanes) is 3. The highest BCUT2D eigenvalue weighted by Gasteiger charge is 2.15. The molecule has 0 aliphatic rings. The van der Waals surface area contributed by atoms with Crippen molar-refractivity contribution in [3.63, 3.8) is 0 Å². The molecule has 3 aromatic rings. The maximum atomic E-state index is 12.0. The van der Waals surface area contributed by atoms with Crippen LogP contribution in [0.15, 0.2) is 59.0 Å². The molecule has 3 rings (SSSR count). The Kier molecular flexibility index (Phi) is 8.06. The molecule has 0 aliphatic heterocycles. The van der Waals surface area contributed by atoms with Crippen molar-refractivity contribution < 1.29 is 14.0 Å². The molecule has 158 valence electrons. The van der Waals surface area contributed by atoms with Gasteiger partial charge in [-0.05, 0) is 49.1 Å². The standard InChI is InChI=1S/C24H24N4O3/c25-16-19-14-12-18(13-15-19)8-4-1-2-7-11-21(29)23(30)26-17-22-27-28-24(31-22)20-9-5-3-6-10-20/h3,5-6,9-10,12-15H,1-2,4,7-8,11,17H2,(H,26,30). The number of nitriles is 1. The van der Waals surface area contributed by atoms with E-state index in [0.29, 0.717) is 17.9 Å². The molecule has 0 spiro atoms. The minimum Gasteiger partial charge on any atom is -0.419 e. The predicted molar refractivity (Wildman–Crippen MR) is 115 cm³/mol. The number of carbonyl (C=O) groups is 2. The number of carbonyl (C=O) groups excluding carboxylic acids is 2. The molecule has 0 unspecified atom stereocenters. The summed E-state index contributed by atoms with van der Waals surface area (Å²) in [6, 6.07) is 19.0.